The Bertz CT molecular complexity index is 596. The third kappa shape index (κ3) is 1.80. The molecule has 1 aromatic carbocycles. The first-order chi connectivity index (χ1) is 7.38. The number of benzene rings is 1. The maximum absolute atomic E-state index is 12.3. The lowest BCUT2D eigenvalue weighted by Crippen LogP contribution is -2.10. The predicted molar refractivity (Wildman–Crippen MR) is 51.9 cm³/mol. The highest BCUT2D eigenvalue weighted by Gasteiger charge is 2.34. The predicted octanol–water partition coefficient (Wildman–Crippen LogP) is 2.99. The second-order valence-electron chi connectivity index (χ2n) is 3.30. The fraction of sp³-hybridized carbons (Fsp3) is 0.0909. The van der Waals surface area contributed by atoms with Gasteiger partial charge in [0, 0.05) is 6.07 Å². The van der Waals surface area contributed by atoms with Gasteiger partial charge in [-0.25, -0.2) is 0 Å². The van der Waals surface area contributed by atoms with Gasteiger partial charge in [-0.15, -0.1) is 0 Å². The summed E-state index contributed by atoms with van der Waals surface area (Å²) < 4.78 is 41.6. The van der Waals surface area contributed by atoms with E-state index in [2.05, 4.69) is 11.3 Å². The molecule has 0 saturated heterocycles. The molecule has 1 heterocycles. The van der Waals surface area contributed by atoms with Crippen molar-refractivity contribution in [2.45, 2.75) is 6.18 Å². The maximum atomic E-state index is 12.3. The molecule has 0 saturated carbocycles. The Labute approximate surface area is 88.3 Å². The minimum Gasteiger partial charge on any atom is -0.451 e. The molecule has 83 valence electrons. The highest BCUT2D eigenvalue weighted by molar-refractivity contribution is 5.77. The third-order valence-electron chi connectivity index (χ3n) is 2.07. The monoisotopic (exact) mass is 227 g/mol. The summed E-state index contributed by atoms with van der Waals surface area (Å²) in [5.74, 6) is -1.29. The topological polar surface area (TPSA) is 30.2 Å². The summed E-state index contributed by atoms with van der Waals surface area (Å²) in [6.45, 7) is 3.58. The van der Waals surface area contributed by atoms with E-state index in [1.165, 1.54) is 18.2 Å². The van der Waals surface area contributed by atoms with E-state index in [1.807, 2.05) is 0 Å². The Kier molecular flexibility index (Phi) is 2.26. The summed E-state index contributed by atoms with van der Waals surface area (Å²) in [4.78, 5) is 11.4. The molecule has 0 N–H and O–H groups in total. The molecule has 0 unspecified atom stereocenters. The Hall–Kier alpha value is -1.78. The van der Waals surface area contributed by atoms with Crippen LogP contribution < -0.4 is 5.43 Å². The van der Waals surface area contributed by atoms with Gasteiger partial charge in [0.15, 0.2) is 5.43 Å². The molecule has 0 spiro atoms. The van der Waals surface area contributed by atoms with Gasteiger partial charge in [-0.3, -0.25) is 4.79 Å². The van der Waals surface area contributed by atoms with Crippen LogP contribution in [0.5, 0.6) is 0 Å². The van der Waals surface area contributed by atoms with Crippen LogP contribution in [0.3, 0.4) is 0 Å². The first kappa shape index (κ1) is 10.7. The molecule has 1 aromatic heterocycles. The Morgan fingerprint density at radius 3 is 2.50 bits per heavy atom. The number of fused-ring (bicyclic) bond motifs is 1. The molecular weight excluding hydrogens is 221 g/mol. The SMILES string of the molecule is [CH2]c1ccc2oc(C(F)(F)F)cc(=O)c2c1. The minimum absolute atomic E-state index is 0.0905. The summed E-state index contributed by atoms with van der Waals surface area (Å²) in [5, 5.41) is 0.0977. The highest BCUT2D eigenvalue weighted by atomic mass is 19.4. The van der Waals surface area contributed by atoms with E-state index in [0.29, 0.717) is 11.6 Å². The Morgan fingerprint density at radius 2 is 1.88 bits per heavy atom. The van der Waals surface area contributed by atoms with Gasteiger partial charge in [0.1, 0.15) is 5.58 Å². The molecule has 0 aliphatic heterocycles. The van der Waals surface area contributed by atoms with Gasteiger partial charge in [-0.1, -0.05) is 6.07 Å². The Morgan fingerprint density at radius 1 is 1.19 bits per heavy atom. The average molecular weight is 227 g/mol. The van der Waals surface area contributed by atoms with E-state index >= 15 is 0 Å². The Balaban J connectivity index is 2.79. The molecule has 0 bridgehead atoms. The zero-order chi connectivity index (χ0) is 11.9. The lowest BCUT2D eigenvalue weighted by Gasteiger charge is -2.06. The summed E-state index contributed by atoms with van der Waals surface area (Å²) in [5.41, 5.74) is -0.272. The normalized spacial score (nSPS) is 12.0. The van der Waals surface area contributed by atoms with E-state index in [9.17, 15) is 18.0 Å². The average Bonchev–Trinajstić information content (AvgIpc) is 2.17. The quantitative estimate of drug-likeness (QED) is 0.692. The van der Waals surface area contributed by atoms with Crippen molar-refractivity contribution < 1.29 is 17.6 Å². The fourth-order valence-electron chi connectivity index (χ4n) is 1.34. The van der Waals surface area contributed by atoms with Gasteiger partial charge in [-0.05, 0) is 24.6 Å². The van der Waals surface area contributed by atoms with Gasteiger partial charge in [0.2, 0.25) is 5.76 Å². The van der Waals surface area contributed by atoms with Crippen LogP contribution in [-0.2, 0) is 6.18 Å². The van der Waals surface area contributed by atoms with Crippen molar-refractivity contribution in [2.24, 2.45) is 0 Å². The van der Waals surface area contributed by atoms with Crippen LogP contribution in [0.4, 0.5) is 13.2 Å². The number of halogens is 3. The van der Waals surface area contributed by atoms with Gasteiger partial charge < -0.3 is 4.42 Å². The van der Waals surface area contributed by atoms with Crippen LogP contribution in [0.15, 0.2) is 33.5 Å². The van der Waals surface area contributed by atoms with E-state index < -0.39 is 17.4 Å². The molecule has 0 aliphatic carbocycles. The lowest BCUT2D eigenvalue weighted by molar-refractivity contribution is -0.152. The van der Waals surface area contributed by atoms with Crippen LogP contribution >= 0.6 is 0 Å². The van der Waals surface area contributed by atoms with Crippen molar-refractivity contribution >= 4 is 11.0 Å². The second kappa shape index (κ2) is 3.37. The zero-order valence-electron chi connectivity index (χ0n) is 7.97. The smallest absolute Gasteiger partial charge is 0.449 e. The van der Waals surface area contributed by atoms with E-state index in [0.717, 1.165) is 0 Å². The van der Waals surface area contributed by atoms with Gasteiger partial charge in [-0.2, -0.15) is 13.2 Å². The van der Waals surface area contributed by atoms with Crippen molar-refractivity contribution in [3.05, 3.63) is 52.7 Å². The van der Waals surface area contributed by atoms with E-state index in [1.54, 1.807) is 0 Å². The molecule has 2 aromatic rings. The third-order valence-corrected chi connectivity index (χ3v) is 2.07. The van der Waals surface area contributed by atoms with Crippen molar-refractivity contribution in [2.75, 3.05) is 0 Å². The van der Waals surface area contributed by atoms with Crippen LogP contribution in [0, 0.1) is 6.92 Å². The molecule has 0 atom stereocenters. The van der Waals surface area contributed by atoms with Crippen molar-refractivity contribution in [3.63, 3.8) is 0 Å². The molecular formula is C11H6F3O2. The summed E-state index contributed by atoms with van der Waals surface area (Å²) in [7, 11) is 0. The van der Waals surface area contributed by atoms with E-state index in [-0.39, 0.29) is 11.0 Å². The fourth-order valence-corrected chi connectivity index (χ4v) is 1.34. The maximum Gasteiger partial charge on any atom is 0.449 e. The number of hydrogen-bond donors (Lipinski definition) is 0. The second-order valence-corrected chi connectivity index (χ2v) is 3.30. The van der Waals surface area contributed by atoms with E-state index in [4.69, 9.17) is 0 Å². The molecule has 0 amide bonds. The van der Waals surface area contributed by atoms with Gasteiger partial charge in [0.25, 0.3) is 0 Å². The van der Waals surface area contributed by atoms with Crippen LogP contribution in [-0.4, -0.2) is 0 Å². The van der Waals surface area contributed by atoms with Crippen LogP contribution in [0.2, 0.25) is 0 Å². The van der Waals surface area contributed by atoms with Crippen molar-refractivity contribution in [1.82, 2.24) is 0 Å². The minimum atomic E-state index is -4.66. The molecule has 0 fully saturated rings. The molecule has 1 radical (unpaired) electrons. The number of rotatable bonds is 0. The van der Waals surface area contributed by atoms with Gasteiger partial charge in [0.05, 0.1) is 5.39 Å². The van der Waals surface area contributed by atoms with Crippen molar-refractivity contribution in [3.8, 4) is 0 Å². The summed E-state index contributed by atoms with van der Waals surface area (Å²) in [6, 6.07) is 4.61. The molecule has 2 nitrogen and oxygen atoms in total. The molecule has 2 rings (SSSR count). The van der Waals surface area contributed by atoms with Crippen LogP contribution in [0.25, 0.3) is 11.0 Å². The lowest BCUT2D eigenvalue weighted by atomic mass is 10.1. The number of alkyl halides is 3. The number of hydrogen-bond acceptors (Lipinski definition) is 2. The van der Waals surface area contributed by atoms with Gasteiger partial charge >= 0.3 is 6.18 Å². The van der Waals surface area contributed by atoms with Crippen LogP contribution in [0.1, 0.15) is 11.3 Å². The molecule has 0 aliphatic rings. The zero-order valence-corrected chi connectivity index (χ0v) is 7.97. The standard InChI is InChI=1S/C11H6F3O2/c1-6-2-3-9-7(4-6)8(15)5-10(16-9)11(12,13)14/h2-5H,1H2. The van der Waals surface area contributed by atoms with Crippen molar-refractivity contribution in [1.29, 1.82) is 0 Å². The summed E-state index contributed by atoms with van der Waals surface area (Å²) >= 11 is 0. The first-order valence-electron chi connectivity index (χ1n) is 4.35. The first-order valence-corrected chi connectivity index (χ1v) is 4.35. The highest BCUT2D eigenvalue weighted by Crippen LogP contribution is 2.30. The largest absolute Gasteiger partial charge is 0.451 e. The molecule has 5 heteroatoms. The molecule has 16 heavy (non-hydrogen) atoms. The summed E-state index contributed by atoms with van der Waals surface area (Å²) in [6.07, 6.45) is -4.66.